The van der Waals surface area contributed by atoms with Gasteiger partial charge in [0.1, 0.15) is 52.7 Å². The van der Waals surface area contributed by atoms with E-state index >= 15 is 35.1 Å². The molecule has 0 atom stereocenters. The Balaban J connectivity index is 0.000000215. The van der Waals surface area contributed by atoms with Crippen LogP contribution in [0.2, 0.25) is 0 Å². The van der Waals surface area contributed by atoms with E-state index in [0.29, 0.717) is 17.8 Å². The number of benzene rings is 8. The maximum Gasteiger partial charge on any atom is 0.218 e. The van der Waals surface area contributed by atoms with Gasteiger partial charge in [-0.25, -0.2) is 92.8 Å². The molecule has 9 rings (SSSR count). The molecule has 0 saturated carbocycles. The fraction of sp³-hybridized carbons (Fsp3) is 0.0200. The normalized spacial score (nSPS) is 11.6. The predicted molar refractivity (Wildman–Crippen MR) is 224 cm³/mol. The van der Waals surface area contributed by atoms with Gasteiger partial charge in [-0.2, -0.15) is 4.57 Å². The Labute approximate surface area is 400 Å². The molecule has 0 N–H and O–H groups in total. The molecular weight excluding hydrogens is 1040 g/mol. The summed E-state index contributed by atoms with van der Waals surface area (Å²) in [6.07, 6.45) is -1.79. The minimum absolute atomic E-state index is 0.0552. The van der Waals surface area contributed by atoms with Crippen molar-refractivity contribution in [3.8, 4) is 0 Å². The number of hydrogen-bond acceptors (Lipinski definition) is 2. The van der Waals surface area contributed by atoms with Crippen molar-refractivity contribution in [2.45, 2.75) is 6.54 Å². The first-order chi connectivity index (χ1) is 35.0. The first kappa shape index (κ1) is 52.0. The Morgan fingerprint density at radius 1 is 0.392 bits per heavy atom. The molecule has 8 aromatic carbocycles. The second kappa shape index (κ2) is 19.6. The molecule has 1 heterocycles. The summed E-state index contributed by atoms with van der Waals surface area (Å²) < 4.78 is 296. The number of carbonyl (C=O) groups excluding carboxylic acids is 1. The fourth-order valence-electron chi connectivity index (χ4n) is 8.70. The third kappa shape index (κ3) is 8.11. The van der Waals surface area contributed by atoms with Crippen LogP contribution in [0.3, 0.4) is 0 Å². The average Bonchev–Trinajstić information content (AvgIpc) is 3.40. The van der Waals surface area contributed by atoms with Crippen molar-refractivity contribution in [2.24, 2.45) is 0 Å². The van der Waals surface area contributed by atoms with Gasteiger partial charge in [-0.15, -0.1) is 21.9 Å². The highest BCUT2D eigenvalue weighted by atomic mass is 19.2. The molecule has 0 fully saturated rings. The largest absolute Gasteiger partial charge is 0.287 e. The molecule has 24 heteroatoms. The van der Waals surface area contributed by atoms with Crippen molar-refractivity contribution in [3.63, 3.8) is 0 Å². The van der Waals surface area contributed by atoms with Crippen LogP contribution in [0.5, 0.6) is 0 Å². The lowest BCUT2D eigenvalue weighted by molar-refractivity contribution is -0.689. The Kier molecular flexibility index (Phi) is 13.8. The molecule has 378 valence electrons. The maximum absolute atomic E-state index is 15.4. The van der Waals surface area contributed by atoms with Crippen molar-refractivity contribution >= 4 is 55.3 Å². The molecule has 0 bridgehead atoms. The summed E-state index contributed by atoms with van der Waals surface area (Å²) in [6, 6.07) is 28.4. The highest BCUT2D eigenvalue weighted by Crippen LogP contribution is 2.32. The fourth-order valence-corrected chi connectivity index (χ4v) is 8.70. The molecule has 9 aromatic rings. The summed E-state index contributed by atoms with van der Waals surface area (Å²) in [5, 5.41) is 4.03. The van der Waals surface area contributed by atoms with Gasteiger partial charge in [0, 0.05) is 11.1 Å². The van der Waals surface area contributed by atoms with E-state index in [2.05, 4.69) is 23.2 Å². The van der Waals surface area contributed by atoms with Gasteiger partial charge in [-0.1, -0.05) is 78.9 Å². The number of aromatic nitrogens is 2. The Morgan fingerprint density at radius 3 is 1.03 bits per heavy atom. The molecule has 0 amide bonds. The quantitative estimate of drug-likeness (QED) is 0.0289. The lowest BCUT2D eigenvalue weighted by Crippen LogP contribution is -2.81. The van der Waals surface area contributed by atoms with Gasteiger partial charge in [0.05, 0.1) is 6.20 Å². The van der Waals surface area contributed by atoms with Crippen molar-refractivity contribution in [3.05, 3.63) is 237 Å². The third-order valence-electron chi connectivity index (χ3n) is 11.9. The van der Waals surface area contributed by atoms with Gasteiger partial charge in [-0.05, 0) is 27.6 Å². The number of nitrogens with zero attached hydrogens (tertiary/aromatic N) is 2. The highest BCUT2D eigenvalue weighted by Gasteiger charge is 2.52. The molecule has 0 radical (unpaired) electrons. The Hall–Kier alpha value is -8.31. The average molecular weight is 1050 g/mol. The zero-order valence-corrected chi connectivity index (χ0v) is 36.0. The highest BCUT2D eigenvalue weighted by molar-refractivity contribution is 7.20. The van der Waals surface area contributed by atoms with Gasteiger partial charge in [0.2, 0.25) is 5.78 Å². The summed E-state index contributed by atoms with van der Waals surface area (Å²) in [5.41, 5.74) is -12.0. The second-order valence-electron chi connectivity index (χ2n) is 15.9. The van der Waals surface area contributed by atoms with Crippen LogP contribution in [0.4, 0.5) is 87.8 Å². The summed E-state index contributed by atoms with van der Waals surface area (Å²) in [6.45, 7) is 0.694. The lowest BCUT2D eigenvalue weighted by Gasteiger charge is -2.44. The molecule has 0 unspecified atom stereocenters. The van der Waals surface area contributed by atoms with Crippen LogP contribution in [0.1, 0.15) is 21.6 Å². The molecular formula is C50H19BF20N2O. The smallest absolute Gasteiger partial charge is 0.218 e. The number of hydrogen-bond donors (Lipinski definition) is 0. The molecule has 1 aromatic heterocycles. The monoisotopic (exact) mass is 1050 g/mol. The van der Waals surface area contributed by atoms with Crippen LogP contribution < -0.4 is 26.4 Å². The van der Waals surface area contributed by atoms with Crippen LogP contribution in [0.15, 0.2) is 104 Å². The van der Waals surface area contributed by atoms with Crippen LogP contribution in [-0.4, -0.2) is 16.9 Å². The van der Waals surface area contributed by atoms with E-state index in [-0.39, 0.29) is 5.78 Å². The van der Waals surface area contributed by atoms with Crippen molar-refractivity contribution in [1.82, 2.24) is 4.98 Å². The van der Waals surface area contributed by atoms with Gasteiger partial charge < -0.3 is 0 Å². The summed E-state index contributed by atoms with van der Waals surface area (Å²) in [5.74, 6) is -71.5. The van der Waals surface area contributed by atoms with E-state index in [1.807, 2.05) is 83.7 Å². The minimum Gasteiger partial charge on any atom is -0.287 e. The zero-order chi connectivity index (χ0) is 54.0. The van der Waals surface area contributed by atoms with Gasteiger partial charge in [-0.3, -0.25) is 4.79 Å². The van der Waals surface area contributed by atoms with Crippen LogP contribution in [-0.2, 0) is 6.54 Å². The molecule has 0 saturated heterocycles. The zero-order valence-electron chi connectivity index (χ0n) is 36.0. The predicted octanol–water partition coefficient (Wildman–Crippen LogP) is 10.8. The van der Waals surface area contributed by atoms with Crippen LogP contribution >= 0.6 is 0 Å². The molecule has 0 aliphatic carbocycles. The molecule has 3 nitrogen and oxygen atoms in total. The van der Waals surface area contributed by atoms with Crippen molar-refractivity contribution in [1.29, 1.82) is 0 Å². The Morgan fingerprint density at radius 2 is 0.689 bits per heavy atom. The molecule has 74 heavy (non-hydrogen) atoms. The van der Waals surface area contributed by atoms with Crippen LogP contribution in [0.25, 0.3) is 21.5 Å². The van der Waals surface area contributed by atoms with Gasteiger partial charge in [0.15, 0.2) is 94.4 Å². The second-order valence-corrected chi connectivity index (χ2v) is 15.9. The molecule has 0 spiro atoms. The van der Waals surface area contributed by atoms with E-state index < -0.39 is 144 Å². The van der Waals surface area contributed by atoms with Gasteiger partial charge in [0.25, 0.3) is 0 Å². The number of rotatable bonds is 8. The SMILES string of the molecule is Fc1c(F)c(F)c([B-](c2c(F)c(F)c(F)c(F)c2F)(c2c(F)c(F)c(F)c(F)c2F)c2c(F)c(F)c(F)c(F)c2F)c(F)c1F.O=C(c1c[n+](Cc2ccccc2)ccn1)c1c2ccccc2cc2ccccc12. The standard InChI is InChI=1S/C26H19N2O.C24BF20/c29-26(24-18-28(15-14-27-24)17-19-8-2-1-3-9-19)25-22-12-6-4-10-20(22)16-21-11-5-7-13-23(21)25;26-5-1(6(27)14(35)21(42)13(5)34)25(2-7(28)15(36)22(43)16(37)8(2)29,3-9(30)17(38)23(44)18(39)10(3)31)4-11(32)19(40)24(45)20(41)12(4)33/h1-16,18H,17H2;/q+1;-1. The van der Waals surface area contributed by atoms with Crippen molar-refractivity contribution in [2.75, 3.05) is 0 Å². The minimum atomic E-state index is -7.22. The van der Waals surface area contributed by atoms with Crippen LogP contribution in [0, 0.1) is 116 Å². The summed E-state index contributed by atoms with van der Waals surface area (Å²) in [4.78, 5) is 18.0. The lowest BCUT2D eigenvalue weighted by atomic mass is 9.12. The third-order valence-corrected chi connectivity index (χ3v) is 11.9. The van der Waals surface area contributed by atoms with Gasteiger partial charge >= 0.3 is 0 Å². The van der Waals surface area contributed by atoms with E-state index in [9.17, 15) is 57.5 Å². The summed E-state index contributed by atoms with van der Waals surface area (Å²) >= 11 is 0. The maximum atomic E-state index is 15.4. The number of carbonyl (C=O) groups is 1. The van der Waals surface area contributed by atoms with E-state index in [1.54, 1.807) is 6.20 Å². The van der Waals surface area contributed by atoms with E-state index in [0.717, 1.165) is 21.5 Å². The molecule has 0 aliphatic rings. The number of fused-ring (bicyclic) bond motifs is 2. The number of ketones is 1. The summed E-state index contributed by atoms with van der Waals surface area (Å²) in [7, 11) is 0. The topological polar surface area (TPSA) is 33.8 Å². The first-order valence-corrected chi connectivity index (χ1v) is 20.6. The van der Waals surface area contributed by atoms with E-state index in [4.69, 9.17) is 0 Å². The Bertz CT molecular complexity index is 3370. The van der Waals surface area contributed by atoms with Crippen molar-refractivity contribution < 1.29 is 97.2 Å². The number of halogens is 20. The molecule has 0 aliphatic heterocycles. The van der Waals surface area contributed by atoms with E-state index in [1.165, 1.54) is 5.56 Å². The first-order valence-electron chi connectivity index (χ1n) is 20.6.